The summed E-state index contributed by atoms with van der Waals surface area (Å²) in [6.45, 7) is 2.39. The van der Waals surface area contributed by atoms with Crippen LogP contribution in [0.4, 0.5) is 18.9 Å². The summed E-state index contributed by atoms with van der Waals surface area (Å²) >= 11 is 3.15. The van der Waals surface area contributed by atoms with Gasteiger partial charge in [-0.3, -0.25) is 4.98 Å². The summed E-state index contributed by atoms with van der Waals surface area (Å²) < 4.78 is 38.0. The molecular weight excluding hydrogens is 333 g/mol. The van der Waals surface area contributed by atoms with E-state index in [0.717, 1.165) is 23.4 Å². The summed E-state index contributed by atoms with van der Waals surface area (Å²) in [4.78, 5) is 4.16. The maximum absolute atomic E-state index is 12.5. The third-order valence-electron chi connectivity index (χ3n) is 2.75. The van der Waals surface area contributed by atoms with Gasteiger partial charge in [0.05, 0.1) is 5.56 Å². The zero-order valence-corrected chi connectivity index (χ0v) is 12.2. The number of aryl methyl sites for hydroxylation is 1. The van der Waals surface area contributed by atoms with E-state index in [0.29, 0.717) is 16.7 Å². The monoisotopic (exact) mass is 344 g/mol. The molecule has 2 rings (SSSR count). The van der Waals surface area contributed by atoms with Crippen LogP contribution in [0.3, 0.4) is 0 Å². The van der Waals surface area contributed by atoms with E-state index in [-0.39, 0.29) is 0 Å². The Morgan fingerprint density at radius 3 is 2.50 bits per heavy atom. The van der Waals surface area contributed by atoms with Gasteiger partial charge in [0.15, 0.2) is 0 Å². The normalized spacial score (nSPS) is 11.4. The van der Waals surface area contributed by atoms with Crippen LogP contribution >= 0.6 is 15.9 Å². The van der Waals surface area contributed by atoms with Crippen LogP contribution < -0.4 is 5.32 Å². The standard InChI is InChI=1S/C14H12BrF3N2/c1-9-2-3-10(7-19-9)8-20-13-5-4-11(6-12(13)15)14(16,17)18/h2-7,20H,8H2,1H3. The lowest BCUT2D eigenvalue weighted by atomic mass is 10.2. The number of alkyl halides is 3. The van der Waals surface area contributed by atoms with E-state index in [4.69, 9.17) is 0 Å². The maximum atomic E-state index is 12.5. The first kappa shape index (κ1) is 14.8. The molecule has 0 radical (unpaired) electrons. The Labute approximate surface area is 123 Å². The molecule has 0 saturated carbocycles. The Morgan fingerprint density at radius 2 is 1.95 bits per heavy atom. The van der Waals surface area contributed by atoms with E-state index in [9.17, 15) is 13.2 Å². The van der Waals surface area contributed by atoms with Crippen molar-refractivity contribution >= 4 is 21.6 Å². The third-order valence-corrected chi connectivity index (χ3v) is 3.41. The van der Waals surface area contributed by atoms with Crippen molar-refractivity contribution in [1.29, 1.82) is 0 Å². The van der Waals surface area contributed by atoms with E-state index >= 15 is 0 Å². The average molecular weight is 345 g/mol. The molecule has 0 fully saturated rings. The summed E-state index contributed by atoms with van der Waals surface area (Å²) in [5.41, 5.74) is 1.82. The Kier molecular flexibility index (Phi) is 4.32. The van der Waals surface area contributed by atoms with Crippen LogP contribution in [-0.4, -0.2) is 4.98 Å². The largest absolute Gasteiger partial charge is 0.416 e. The van der Waals surface area contributed by atoms with Crippen molar-refractivity contribution in [2.75, 3.05) is 5.32 Å². The van der Waals surface area contributed by atoms with E-state index in [2.05, 4.69) is 26.2 Å². The molecule has 0 atom stereocenters. The minimum atomic E-state index is -4.33. The van der Waals surface area contributed by atoms with Gasteiger partial charge in [-0.15, -0.1) is 0 Å². The van der Waals surface area contributed by atoms with Gasteiger partial charge in [-0.05, 0) is 52.7 Å². The molecule has 0 bridgehead atoms. The first-order valence-electron chi connectivity index (χ1n) is 5.88. The van der Waals surface area contributed by atoms with Gasteiger partial charge in [0.2, 0.25) is 0 Å². The number of nitrogens with one attached hydrogen (secondary N) is 1. The smallest absolute Gasteiger partial charge is 0.380 e. The summed E-state index contributed by atoms with van der Waals surface area (Å²) in [6, 6.07) is 7.34. The fourth-order valence-electron chi connectivity index (χ4n) is 1.64. The van der Waals surface area contributed by atoms with Crippen LogP contribution in [0, 0.1) is 6.92 Å². The maximum Gasteiger partial charge on any atom is 0.416 e. The molecule has 106 valence electrons. The summed E-state index contributed by atoms with van der Waals surface area (Å²) in [5, 5.41) is 3.07. The molecule has 0 aliphatic carbocycles. The van der Waals surface area contributed by atoms with Crippen LogP contribution in [-0.2, 0) is 12.7 Å². The first-order chi connectivity index (χ1) is 9.36. The van der Waals surface area contributed by atoms with Crippen molar-refractivity contribution in [3.8, 4) is 0 Å². The van der Waals surface area contributed by atoms with Gasteiger partial charge in [-0.25, -0.2) is 0 Å². The van der Waals surface area contributed by atoms with Gasteiger partial charge < -0.3 is 5.32 Å². The molecule has 1 heterocycles. The molecule has 0 aliphatic rings. The van der Waals surface area contributed by atoms with Gasteiger partial charge in [-0.2, -0.15) is 13.2 Å². The molecule has 0 unspecified atom stereocenters. The molecular formula is C14H12BrF3N2. The topological polar surface area (TPSA) is 24.9 Å². The fraction of sp³-hybridized carbons (Fsp3) is 0.214. The van der Waals surface area contributed by atoms with Gasteiger partial charge in [0.25, 0.3) is 0 Å². The molecule has 6 heteroatoms. The highest BCUT2D eigenvalue weighted by atomic mass is 79.9. The predicted octanol–water partition coefficient (Wildman–Crippen LogP) is 4.78. The second-order valence-electron chi connectivity index (χ2n) is 4.35. The minimum Gasteiger partial charge on any atom is -0.380 e. The molecule has 0 spiro atoms. The Hall–Kier alpha value is -1.56. The number of pyridine rings is 1. The van der Waals surface area contributed by atoms with Gasteiger partial charge in [0.1, 0.15) is 0 Å². The molecule has 0 amide bonds. The van der Waals surface area contributed by atoms with Crippen LogP contribution in [0.2, 0.25) is 0 Å². The summed E-state index contributed by atoms with van der Waals surface area (Å²) in [6.07, 6.45) is -2.59. The second kappa shape index (κ2) is 5.83. The van der Waals surface area contributed by atoms with E-state index in [1.807, 2.05) is 19.1 Å². The summed E-state index contributed by atoms with van der Waals surface area (Å²) in [7, 11) is 0. The number of rotatable bonds is 3. The lowest BCUT2D eigenvalue weighted by Crippen LogP contribution is -2.06. The highest BCUT2D eigenvalue weighted by Gasteiger charge is 2.30. The average Bonchev–Trinajstić information content (AvgIpc) is 2.38. The van der Waals surface area contributed by atoms with Gasteiger partial charge >= 0.3 is 6.18 Å². The number of hydrogen-bond acceptors (Lipinski definition) is 2. The van der Waals surface area contributed by atoms with Crippen LogP contribution in [0.1, 0.15) is 16.8 Å². The Bertz CT molecular complexity index is 594. The molecule has 2 aromatic rings. The molecule has 1 aromatic carbocycles. The van der Waals surface area contributed by atoms with Crippen LogP contribution in [0.15, 0.2) is 41.0 Å². The van der Waals surface area contributed by atoms with Crippen molar-refractivity contribution in [1.82, 2.24) is 4.98 Å². The van der Waals surface area contributed by atoms with Gasteiger partial charge in [-0.1, -0.05) is 6.07 Å². The fourth-order valence-corrected chi connectivity index (χ4v) is 2.15. The van der Waals surface area contributed by atoms with Crippen molar-refractivity contribution < 1.29 is 13.2 Å². The van der Waals surface area contributed by atoms with Crippen LogP contribution in [0.25, 0.3) is 0 Å². The SMILES string of the molecule is Cc1ccc(CNc2ccc(C(F)(F)F)cc2Br)cn1. The van der Waals surface area contributed by atoms with Crippen molar-refractivity contribution in [2.24, 2.45) is 0 Å². The third kappa shape index (κ3) is 3.72. The predicted molar refractivity (Wildman–Crippen MR) is 75.4 cm³/mol. The zero-order chi connectivity index (χ0) is 14.8. The van der Waals surface area contributed by atoms with Gasteiger partial charge in [0, 0.05) is 28.6 Å². The van der Waals surface area contributed by atoms with Crippen molar-refractivity contribution in [2.45, 2.75) is 19.6 Å². The zero-order valence-electron chi connectivity index (χ0n) is 10.6. The number of halogens is 4. The quantitative estimate of drug-likeness (QED) is 0.866. The number of anilines is 1. The molecule has 20 heavy (non-hydrogen) atoms. The number of benzene rings is 1. The lowest BCUT2D eigenvalue weighted by Gasteiger charge is -2.12. The summed E-state index contributed by atoms with van der Waals surface area (Å²) in [5.74, 6) is 0. The molecule has 0 aliphatic heterocycles. The highest BCUT2D eigenvalue weighted by Crippen LogP contribution is 2.34. The number of aromatic nitrogens is 1. The van der Waals surface area contributed by atoms with E-state index in [1.54, 1.807) is 6.20 Å². The lowest BCUT2D eigenvalue weighted by molar-refractivity contribution is -0.137. The highest BCUT2D eigenvalue weighted by molar-refractivity contribution is 9.10. The number of nitrogens with zero attached hydrogens (tertiary/aromatic N) is 1. The van der Waals surface area contributed by atoms with E-state index in [1.165, 1.54) is 6.07 Å². The molecule has 1 N–H and O–H groups in total. The van der Waals surface area contributed by atoms with Crippen molar-refractivity contribution in [3.63, 3.8) is 0 Å². The molecule has 2 nitrogen and oxygen atoms in total. The molecule has 0 saturated heterocycles. The van der Waals surface area contributed by atoms with Crippen LogP contribution in [0.5, 0.6) is 0 Å². The first-order valence-corrected chi connectivity index (χ1v) is 6.68. The minimum absolute atomic E-state index is 0.382. The van der Waals surface area contributed by atoms with Crippen molar-refractivity contribution in [3.05, 3.63) is 57.8 Å². The molecule has 1 aromatic heterocycles. The van der Waals surface area contributed by atoms with E-state index < -0.39 is 11.7 Å². The second-order valence-corrected chi connectivity index (χ2v) is 5.21. The number of hydrogen-bond donors (Lipinski definition) is 1. The Morgan fingerprint density at radius 1 is 1.20 bits per heavy atom. The Balaban J connectivity index is 2.08.